The summed E-state index contributed by atoms with van der Waals surface area (Å²) in [4.78, 5) is 15.6. The van der Waals surface area contributed by atoms with Crippen molar-refractivity contribution in [1.29, 1.82) is 5.26 Å². The number of pyridine rings is 1. The lowest BCUT2D eigenvalue weighted by Gasteiger charge is -2.42. The Balaban J connectivity index is 1.81. The summed E-state index contributed by atoms with van der Waals surface area (Å²) in [6, 6.07) is 13.5. The van der Waals surface area contributed by atoms with E-state index in [1.807, 2.05) is 36.4 Å². The van der Waals surface area contributed by atoms with Crippen molar-refractivity contribution in [3.8, 4) is 17.2 Å². The van der Waals surface area contributed by atoms with Crippen LogP contribution in [0.5, 0.6) is 0 Å². The SMILES string of the molecule is C[C@H]1[C@H](/C=C/c2ccc(-c3ccccc3C#N)cn2)[C@@H](NC=O)[C@@H](N)C[C@@H]1C. The van der Waals surface area contributed by atoms with Crippen LogP contribution in [0.2, 0.25) is 0 Å². The molecule has 2 aromatic rings. The fraction of sp³-hybridized carbons (Fsp3) is 0.348. The van der Waals surface area contributed by atoms with Gasteiger partial charge in [-0.1, -0.05) is 44.2 Å². The summed E-state index contributed by atoms with van der Waals surface area (Å²) in [6.45, 7) is 4.42. The van der Waals surface area contributed by atoms with E-state index in [0.717, 1.165) is 29.7 Å². The predicted molar refractivity (Wildman–Crippen MR) is 111 cm³/mol. The van der Waals surface area contributed by atoms with Crippen LogP contribution in [0.4, 0.5) is 0 Å². The highest BCUT2D eigenvalue weighted by molar-refractivity contribution is 5.70. The van der Waals surface area contributed by atoms with E-state index in [1.165, 1.54) is 0 Å². The molecule has 1 aromatic carbocycles. The maximum Gasteiger partial charge on any atom is 0.207 e. The Bertz CT molecular complexity index is 884. The second-order valence-corrected chi connectivity index (χ2v) is 7.61. The molecule has 144 valence electrons. The van der Waals surface area contributed by atoms with Gasteiger partial charge in [-0.3, -0.25) is 9.78 Å². The average molecular weight is 374 g/mol. The van der Waals surface area contributed by atoms with Crippen LogP contribution in [0.15, 0.2) is 48.7 Å². The largest absolute Gasteiger partial charge is 0.354 e. The van der Waals surface area contributed by atoms with Crippen molar-refractivity contribution in [3.63, 3.8) is 0 Å². The number of carbonyl (C=O) groups excluding carboxylic acids is 1. The topological polar surface area (TPSA) is 91.8 Å². The molecule has 0 radical (unpaired) electrons. The van der Waals surface area contributed by atoms with Crippen molar-refractivity contribution in [2.45, 2.75) is 32.4 Å². The van der Waals surface area contributed by atoms with Crippen LogP contribution in [-0.2, 0) is 4.79 Å². The average Bonchev–Trinajstić information content (AvgIpc) is 2.72. The minimum absolute atomic E-state index is 0.0520. The molecule has 28 heavy (non-hydrogen) atoms. The molecular formula is C23H26N4O. The molecular weight excluding hydrogens is 348 g/mol. The molecule has 5 heteroatoms. The maximum absolute atomic E-state index is 11.0. The molecule has 0 spiro atoms. The number of carbonyl (C=O) groups is 1. The number of hydrogen-bond acceptors (Lipinski definition) is 4. The summed E-state index contributed by atoms with van der Waals surface area (Å²) in [5, 5.41) is 12.2. The van der Waals surface area contributed by atoms with Gasteiger partial charge in [-0.25, -0.2) is 0 Å². The van der Waals surface area contributed by atoms with Crippen LogP contribution in [0, 0.1) is 29.1 Å². The molecule has 0 saturated heterocycles. The summed E-state index contributed by atoms with van der Waals surface area (Å²) in [5.41, 5.74) is 9.55. The molecule has 1 heterocycles. The third-order valence-electron chi connectivity index (χ3n) is 5.92. The van der Waals surface area contributed by atoms with Crippen LogP contribution in [0.1, 0.15) is 31.5 Å². The molecule has 1 fully saturated rings. The first-order valence-electron chi connectivity index (χ1n) is 9.64. The van der Waals surface area contributed by atoms with E-state index in [-0.39, 0.29) is 18.0 Å². The van der Waals surface area contributed by atoms with Gasteiger partial charge >= 0.3 is 0 Å². The highest BCUT2D eigenvalue weighted by Gasteiger charge is 2.37. The zero-order valence-corrected chi connectivity index (χ0v) is 16.2. The van der Waals surface area contributed by atoms with Crippen molar-refractivity contribution in [1.82, 2.24) is 10.3 Å². The first-order chi connectivity index (χ1) is 13.5. The van der Waals surface area contributed by atoms with Gasteiger partial charge in [0.25, 0.3) is 0 Å². The quantitative estimate of drug-likeness (QED) is 0.785. The van der Waals surface area contributed by atoms with Gasteiger partial charge in [0.05, 0.1) is 23.4 Å². The number of nitrogens with zero attached hydrogens (tertiary/aromatic N) is 2. The van der Waals surface area contributed by atoms with Gasteiger partial charge in [-0.05, 0) is 36.5 Å². The van der Waals surface area contributed by atoms with Gasteiger partial charge in [0.1, 0.15) is 0 Å². The molecule has 5 atom stereocenters. The summed E-state index contributed by atoms with van der Waals surface area (Å²) < 4.78 is 0. The number of nitriles is 1. The van der Waals surface area contributed by atoms with Crippen molar-refractivity contribution in [3.05, 3.63) is 59.9 Å². The molecule has 1 aromatic heterocycles. The Hall–Kier alpha value is -2.97. The molecule has 1 amide bonds. The fourth-order valence-electron chi connectivity index (χ4n) is 4.10. The molecule has 0 aliphatic heterocycles. The first-order valence-corrected chi connectivity index (χ1v) is 9.64. The number of rotatable bonds is 5. The van der Waals surface area contributed by atoms with Gasteiger partial charge in [0.2, 0.25) is 6.41 Å². The lowest BCUT2D eigenvalue weighted by molar-refractivity contribution is -0.111. The minimum Gasteiger partial charge on any atom is -0.354 e. The zero-order chi connectivity index (χ0) is 20.1. The van der Waals surface area contributed by atoms with E-state index in [9.17, 15) is 10.1 Å². The van der Waals surface area contributed by atoms with Crippen LogP contribution in [0.3, 0.4) is 0 Å². The van der Waals surface area contributed by atoms with E-state index in [4.69, 9.17) is 5.73 Å². The number of amides is 1. The van der Waals surface area contributed by atoms with Crippen LogP contribution < -0.4 is 11.1 Å². The molecule has 3 N–H and O–H groups in total. The second kappa shape index (κ2) is 8.81. The number of aromatic nitrogens is 1. The highest BCUT2D eigenvalue weighted by Crippen LogP contribution is 2.35. The Morgan fingerprint density at radius 1 is 1.25 bits per heavy atom. The van der Waals surface area contributed by atoms with Gasteiger partial charge in [0, 0.05) is 29.3 Å². The Labute approximate surface area is 166 Å². The molecule has 0 unspecified atom stereocenters. The monoisotopic (exact) mass is 374 g/mol. The third-order valence-corrected chi connectivity index (χ3v) is 5.92. The van der Waals surface area contributed by atoms with Crippen LogP contribution >= 0.6 is 0 Å². The summed E-state index contributed by atoms with van der Waals surface area (Å²) in [6.07, 6.45) is 7.55. The standard InChI is InChI=1S/C23H26N4O/c1-15-11-22(25)23(27-14-28)20(16(15)2)10-9-19-8-7-18(13-26-19)21-6-4-3-5-17(21)12-24/h3-10,13-16,20,22-23H,11,25H2,1-2H3,(H,27,28)/b10-9+/t15-,16+,20-,22-,23+/m0/s1. The number of nitrogens with one attached hydrogen (secondary N) is 1. The third kappa shape index (κ3) is 4.13. The van der Waals surface area contributed by atoms with E-state index in [0.29, 0.717) is 17.4 Å². The summed E-state index contributed by atoms with van der Waals surface area (Å²) in [7, 11) is 0. The summed E-state index contributed by atoms with van der Waals surface area (Å²) >= 11 is 0. The van der Waals surface area contributed by atoms with Crippen molar-refractivity contribution in [2.24, 2.45) is 23.5 Å². The predicted octanol–water partition coefficient (Wildman–Crippen LogP) is 3.37. The zero-order valence-electron chi connectivity index (χ0n) is 16.2. The lowest BCUT2D eigenvalue weighted by Crippen LogP contribution is -2.55. The number of benzene rings is 1. The van der Waals surface area contributed by atoms with E-state index < -0.39 is 0 Å². The molecule has 5 nitrogen and oxygen atoms in total. The van der Waals surface area contributed by atoms with Crippen molar-refractivity contribution in [2.75, 3.05) is 0 Å². The lowest BCUT2D eigenvalue weighted by atomic mass is 9.69. The van der Waals surface area contributed by atoms with Gasteiger partial charge in [-0.2, -0.15) is 5.26 Å². The molecule has 0 bridgehead atoms. The van der Waals surface area contributed by atoms with Crippen molar-refractivity contribution < 1.29 is 4.79 Å². The molecule has 1 saturated carbocycles. The second-order valence-electron chi connectivity index (χ2n) is 7.61. The fourth-order valence-corrected chi connectivity index (χ4v) is 4.10. The first kappa shape index (κ1) is 19.8. The molecule has 1 aliphatic carbocycles. The smallest absolute Gasteiger partial charge is 0.207 e. The van der Waals surface area contributed by atoms with E-state index in [1.54, 1.807) is 12.3 Å². The van der Waals surface area contributed by atoms with Gasteiger partial charge in [-0.15, -0.1) is 0 Å². The normalized spacial score (nSPS) is 27.3. The van der Waals surface area contributed by atoms with Gasteiger partial charge < -0.3 is 11.1 Å². The Kier molecular flexibility index (Phi) is 6.23. The highest BCUT2D eigenvalue weighted by atomic mass is 16.1. The Morgan fingerprint density at radius 2 is 2.04 bits per heavy atom. The van der Waals surface area contributed by atoms with Gasteiger partial charge in [0.15, 0.2) is 0 Å². The minimum atomic E-state index is -0.0678. The number of hydrogen-bond donors (Lipinski definition) is 2. The van der Waals surface area contributed by atoms with Crippen LogP contribution in [0.25, 0.3) is 17.2 Å². The van der Waals surface area contributed by atoms with Crippen LogP contribution in [-0.4, -0.2) is 23.5 Å². The maximum atomic E-state index is 11.0. The summed E-state index contributed by atoms with van der Waals surface area (Å²) in [5.74, 6) is 1.06. The van der Waals surface area contributed by atoms with Crippen molar-refractivity contribution >= 4 is 12.5 Å². The molecule has 1 aliphatic rings. The van der Waals surface area contributed by atoms with E-state index >= 15 is 0 Å². The molecule has 3 rings (SSSR count). The Morgan fingerprint density at radius 3 is 2.71 bits per heavy atom. The van der Waals surface area contributed by atoms with E-state index in [2.05, 4.69) is 36.3 Å². The number of nitrogens with two attached hydrogens (primary N) is 1.